The van der Waals surface area contributed by atoms with E-state index in [9.17, 15) is 18.3 Å². The van der Waals surface area contributed by atoms with Gasteiger partial charge in [0.25, 0.3) is 0 Å². The first kappa shape index (κ1) is 26.2. The predicted molar refractivity (Wildman–Crippen MR) is 114 cm³/mol. The summed E-state index contributed by atoms with van der Waals surface area (Å²) >= 11 is 0. The molecular weight excluding hydrogens is 361 g/mol. The van der Waals surface area contributed by atoms with Gasteiger partial charge in [-0.1, -0.05) is 47.1 Å². The molecule has 0 aromatic rings. The average molecular weight is 397 g/mol. The summed E-state index contributed by atoms with van der Waals surface area (Å²) in [7, 11) is 0. The Balaban J connectivity index is 4.74. The summed E-state index contributed by atoms with van der Waals surface area (Å²) in [6, 6.07) is 0. The molecule has 1 N–H and O–H groups in total. The van der Waals surface area contributed by atoms with Crippen molar-refractivity contribution in [2.45, 2.75) is 59.5 Å². The second-order valence-corrected chi connectivity index (χ2v) is 7.83. The third kappa shape index (κ3) is 9.93. The first-order valence-corrected chi connectivity index (χ1v) is 9.71. The molecule has 0 aromatic heterocycles. The van der Waals surface area contributed by atoms with Crippen molar-refractivity contribution in [3.63, 3.8) is 0 Å². The molecule has 4 heteroatoms. The normalized spacial score (nSPS) is 16.9. The van der Waals surface area contributed by atoms with Crippen LogP contribution in [0.2, 0.25) is 0 Å². The van der Waals surface area contributed by atoms with Crippen LogP contribution in [0.3, 0.4) is 0 Å². The molecule has 0 aliphatic rings. The van der Waals surface area contributed by atoms with Gasteiger partial charge in [0.05, 0.1) is 6.10 Å². The van der Waals surface area contributed by atoms with E-state index in [2.05, 4.69) is 40.2 Å². The van der Waals surface area contributed by atoms with Crippen LogP contribution < -0.4 is 0 Å². The molecule has 1 nitrogen and oxygen atoms in total. The highest BCUT2D eigenvalue weighted by molar-refractivity contribution is 5.49. The lowest BCUT2D eigenvalue weighted by Gasteiger charge is -2.22. The molecule has 4 atom stereocenters. The molecule has 0 amide bonds. The SMILES string of the molecule is C=C(/C=C(/F)C(=C)F)C(=C)/C(F)=C\C(=C)C(C)CCC(C)C(C)CCC(C)O. The van der Waals surface area contributed by atoms with E-state index in [4.69, 9.17) is 0 Å². The van der Waals surface area contributed by atoms with Gasteiger partial charge in [-0.25, -0.2) is 13.2 Å². The van der Waals surface area contributed by atoms with Crippen molar-refractivity contribution in [1.82, 2.24) is 0 Å². The summed E-state index contributed by atoms with van der Waals surface area (Å²) in [5.41, 5.74) is 0.422. The number of rotatable bonds is 13. The summed E-state index contributed by atoms with van der Waals surface area (Å²) in [5.74, 6) is -2.07. The van der Waals surface area contributed by atoms with E-state index in [0.29, 0.717) is 17.4 Å². The van der Waals surface area contributed by atoms with E-state index in [1.54, 1.807) is 6.92 Å². The number of halogens is 3. The molecule has 0 aliphatic heterocycles. The molecule has 0 aliphatic carbocycles. The summed E-state index contributed by atoms with van der Waals surface area (Å²) in [6.07, 6.45) is 5.34. The molecular formula is C24H35F3O. The van der Waals surface area contributed by atoms with Gasteiger partial charge < -0.3 is 5.11 Å². The zero-order chi connectivity index (χ0) is 22.0. The van der Waals surface area contributed by atoms with Crippen LogP contribution >= 0.6 is 0 Å². The zero-order valence-corrected chi connectivity index (χ0v) is 17.7. The highest BCUT2D eigenvalue weighted by Crippen LogP contribution is 2.28. The van der Waals surface area contributed by atoms with Gasteiger partial charge in [-0.3, -0.25) is 0 Å². The topological polar surface area (TPSA) is 20.2 Å². The second-order valence-electron chi connectivity index (χ2n) is 7.83. The molecule has 0 rings (SSSR count). The van der Waals surface area contributed by atoms with E-state index in [1.807, 2.05) is 6.92 Å². The Bertz CT molecular complexity index is 640. The minimum Gasteiger partial charge on any atom is -0.393 e. The number of aliphatic hydroxyl groups excluding tert-OH is 1. The largest absolute Gasteiger partial charge is 0.393 e. The van der Waals surface area contributed by atoms with Crippen molar-refractivity contribution in [1.29, 1.82) is 0 Å². The lowest BCUT2D eigenvalue weighted by molar-refractivity contribution is 0.166. The number of aliphatic hydroxyl groups is 1. The highest BCUT2D eigenvalue weighted by Gasteiger charge is 2.16. The molecule has 0 bridgehead atoms. The Labute approximate surface area is 168 Å². The van der Waals surface area contributed by atoms with E-state index < -0.39 is 17.5 Å². The summed E-state index contributed by atoms with van der Waals surface area (Å²) in [4.78, 5) is 0. The maximum Gasteiger partial charge on any atom is 0.158 e. The van der Waals surface area contributed by atoms with Crippen LogP contribution in [0.1, 0.15) is 53.4 Å². The summed E-state index contributed by atoms with van der Waals surface area (Å²) in [5, 5.41) is 9.40. The number of hydrogen-bond donors (Lipinski definition) is 1. The minimum atomic E-state index is -1.24. The Morgan fingerprint density at radius 1 is 0.786 bits per heavy atom. The van der Waals surface area contributed by atoms with Gasteiger partial charge in [0.2, 0.25) is 0 Å². The van der Waals surface area contributed by atoms with Crippen LogP contribution in [0, 0.1) is 17.8 Å². The minimum absolute atomic E-state index is 0.0638. The maximum absolute atomic E-state index is 14.4. The Morgan fingerprint density at radius 3 is 1.75 bits per heavy atom. The van der Waals surface area contributed by atoms with E-state index in [1.165, 1.54) is 6.08 Å². The van der Waals surface area contributed by atoms with Gasteiger partial charge in [-0.15, -0.1) is 0 Å². The average Bonchev–Trinajstić information content (AvgIpc) is 2.62. The van der Waals surface area contributed by atoms with Gasteiger partial charge >= 0.3 is 0 Å². The van der Waals surface area contributed by atoms with E-state index in [-0.39, 0.29) is 23.2 Å². The van der Waals surface area contributed by atoms with Gasteiger partial charge in [0.15, 0.2) is 11.7 Å². The van der Waals surface area contributed by atoms with Crippen LogP contribution in [-0.4, -0.2) is 11.2 Å². The lowest BCUT2D eigenvalue weighted by atomic mass is 9.84. The van der Waals surface area contributed by atoms with Crippen LogP contribution in [0.25, 0.3) is 0 Å². The van der Waals surface area contributed by atoms with Gasteiger partial charge in [0.1, 0.15) is 5.83 Å². The van der Waals surface area contributed by atoms with Crippen LogP contribution in [0.4, 0.5) is 13.2 Å². The molecule has 0 fully saturated rings. The molecule has 158 valence electrons. The molecule has 0 spiro atoms. The predicted octanol–water partition coefficient (Wildman–Crippen LogP) is 7.69. The maximum atomic E-state index is 14.4. The Morgan fingerprint density at radius 2 is 1.29 bits per heavy atom. The van der Waals surface area contributed by atoms with E-state index >= 15 is 0 Å². The molecule has 0 aromatic carbocycles. The van der Waals surface area contributed by atoms with Crippen molar-refractivity contribution in [2.75, 3.05) is 0 Å². The molecule has 0 heterocycles. The summed E-state index contributed by atoms with van der Waals surface area (Å²) < 4.78 is 40.3. The fraction of sp³-hybridized carbons (Fsp3) is 0.500. The standard InChI is InChI=1S/C24H35F3O/c1-15(16(2)11-12-20(6)28)9-10-17(3)18(4)13-23(26)21(7)19(5)14-24(27)22(8)25/h13-17,20,28H,4-5,7-12H2,1-3,6H3/b23-13+,24-14+. The molecule has 0 saturated heterocycles. The number of allylic oxidation sites excluding steroid dienone is 8. The monoisotopic (exact) mass is 396 g/mol. The third-order valence-electron chi connectivity index (χ3n) is 5.25. The summed E-state index contributed by atoms with van der Waals surface area (Å²) in [6.45, 7) is 21.9. The smallest absolute Gasteiger partial charge is 0.158 e. The molecule has 0 radical (unpaired) electrons. The van der Waals surface area contributed by atoms with Crippen molar-refractivity contribution in [3.05, 3.63) is 72.7 Å². The Kier molecular flexibility index (Phi) is 11.8. The molecule has 4 unspecified atom stereocenters. The van der Waals surface area contributed by atoms with Crippen molar-refractivity contribution >= 4 is 0 Å². The van der Waals surface area contributed by atoms with Crippen LogP contribution in [0.15, 0.2) is 72.7 Å². The molecule has 0 saturated carbocycles. The first-order valence-electron chi connectivity index (χ1n) is 9.71. The quantitative estimate of drug-likeness (QED) is 0.316. The number of hydrogen-bond acceptors (Lipinski definition) is 1. The van der Waals surface area contributed by atoms with Crippen LogP contribution in [-0.2, 0) is 0 Å². The van der Waals surface area contributed by atoms with Gasteiger partial charge in [0, 0.05) is 5.57 Å². The lowest BCUT2D eigenvalue weighted by Crippen LogP contribution is -2.12. The van der Waals surface area contributed by atoms with Gasteiger partial charge in [-0.2, -0.15) is 0 Å². The fourth-order valence-electron chi connectivity index (χ4n) is 2.64. The second kappa shape index (κ2) is 12.6. The highest BCUT2D eigenvalue weighted by atomic mass is 19.2. The van der Waals surface area contributed by atoms with Crippen molar-refractivity contribution < 1.29 is 18.3 Å². The van der Waals surface area contributed by atoms with Crippen molar-refractivity contribution in [3.8, 4) is 0 Å². The van der Waals surface area contributed by atoms with Gasteiger partial charge in [-0.05, 0) is 73.7 Å². The van der Waals surface area contributed by atoms with Crippen molar-refractivity contribution in [2.24, 2.45) is 17.8 Å². The third-order valence-corrected chi connectivity index (χ3v) is 5.25. The van der Waals surface area contributed by atoms with Crippen LogP contribution in [0.5, 0.6) is 0 Å². The Hall–Kier alpha value is -1.81. The first-order chi connectivity index (χ1) is 12.9. The zero-order valence-electron chi connectivity index (χ0n) is 17.7. The molecule has 28 heavy (non-hydrogen) atoms. The van der Waals surface area contributed by atoms with E-state index in [0.717, 1.165) is 31.8 Å². The fourth-order valence-corrected chi connectivity index (χ4v) is 2.64.